The van der Waals surface area contributed by atoms with Crippen molar-refractivity contribution in [1.29, 1.82) is 0 Å². The highest BCUT2D eigenvalue weighted by atomic mass is 35.5. The molecular weight excluding hydrogens is 353 g/mol. The molecule has 0 radical (unpaired) electrons. The topological polar surface area (TPSA) is 45.7 Å². The predicted octanol–water partition coefficient (Wildman–Crippen LogP) is 2.80. The molecule has 2 aromatic rings. The summed E-state index contributed by atoms with van der Waals surface area (Å²) in [7, 11) is 0. The van der Waals surface area contributed by atoms with Crippen molar-refractivity contribution in [3.63, 3.8) is 0 Å². The molecule has 0 atom stereocenters. The molecule has 0 unspecified atom stereocenters. The summed E-state index contributed by atoms with van der Waals surface area (Å²) in [5.74, 6) is -0.375. The summed E-state index contributed by atoms with van der Waals surface area (Å²) in [6.45, 7) is 2.97. The van der Waals surface area contributed by atoms with E-state index in [1.807, 2.05) is 0 Å². The van der Waals surface area contributed by atoms with Gasteiger partial charge in [-0.05, 0) is 18.2 Å². The molecule has 3 rings (SSSR count). The molecule has 1 fully saturated rings. The first-order valence-electron chi connectivity index (χ1n) is 7.56. The molecule has 1 aromatic heterocycles. The van der Waals surface area contributed by atoms with E-state index in [-0.39, 0.29) is 18.3 Å². The first-order chi connectivity index (χ1) is 11.6. The number of rotatable bonds is 5. The van der Waals surface area contributed by atoms with Gasteiger partial charge >= 0.3 is 0 Å². The lowest BCUT2D eigenvalue weighted by atomic mass is 10.2. The van der Waals surface area contributed by atoms with Crippen molar-refractivity contribution < 1.29 is 13.9 Å². The smallest absolute Gasteiger partial charge is 0.248 e. The highest BCUT2D eigenvalue weighted by Crippen LogP contribution is 2.27. The van der Waals surface area contributed by atoms with Crippen LogP contribution in [0.25, 0.3) is 0 Å². The Labute approximate surface area is 148 Å². The molecule has 5 nitrogen and oxygen atoms in total. The molecule has 1 aromatic carbocycles. The number of piperazine rings is 1. The standard InChI is InChI=1S/C16H17ClFN3O2S/c17-14-7-12(18)1-2-15(14)20-3-5-21(6-4-20)16(22)10-23-9-13-8-19-11-24-13/h1-2,7-8,11H,3-6,9-10H2. The average Bonchev–Trinajstić information content (AvgIpc) is 3.08. The maximum atomic E-state index is 13.1. The van der Waals surface area contributed by atoms with Crippen LogP contribution in [0.3, 0.4) is 0 Å². The molecule has 1 saturated heterocycles. The van der Waals surface area contributed by atoms with Crippen molar-refractivity contribution in [2.45, 2.75) is 6.61 Å². The van der Waals surface area contributed by atoms with Crippen molar-refractivity contribution in [3.05, 3.63) is 45.6 Å². The third-order valence-corrected chi connectivity index (χ3v) is 4.89. The van der Waals surface area contributed by atoms with Crippen molar-refractivity contribution >= 4 is 34.5 Å². The molecule has 2 heterocycles. The minimum atomic E-state index is -0.351. The maximum Gasteiger partial charge on any atom is 0.248 e. The lowest BCUT2D eigenvalue weighted by Gasteiger charge is -2.36. The Morgan fingerprint density at radius 1 is 1.33 bits per heavy atom. The second-order valence-corrected chi connectivity index (χ2v) is 6.80. The first-order valence-corrected chi connectivity index (χ1v) is 8.82. The van der Waals surface area contributed by atoms with Gasteiger partial charge in [-0.15, -0.1) is 11.3 Å². The molecule has 0 saturated carbocycles. The summed E-state index contributed by atoms with van der Waals surface area (Å²) in [5, 5.41) is 0.391. The fourth-order valence-corrected chi connectivity index (χ4v) is 3.40. The number of carbonyl (C=O) groups is 1. The van der Waals surface area contributed by atoms with Crippen LogP contribution in [0.4, 0.5) is 10.1 Å². The Morgan fingerprint density at radius 3 is 2.79 bits per heavy atom. The van der Waals surface area contributed by atoms with E-state index in [0.29, 0.717) is 37.8 Å². The van der Waals surface area contributed by atoms with Crippen LogP contribution >= 0.6 is 22.9 Å². The minimum Gasteiger partial charge on any atom is -0.367 e. The molecule has 8 heteroatoms. The van der Waals surface area contributed by atoms with Crippen LogP contribution in [-0.2, 0) is 16.1 Å². The Balaban J connectivity index is 1.46. The lowest BCUT2D eigenvalue weighted by Crippen LogP contribution is -2.49. The number of anilines is 1. The molecular formula is C16H17ClFN3O2S. The number of thiazole rings is 1. The number of ether oxygens (including phenoxy) is 1. The summed E-state index contributed by atoms with van der Waals surface area (Å²) < 4.78 is 18.6. The van der Waals surface area contributed by atoms with E-state index in [4.69, 9.17) is 16.3 Å². The van der Waals surface area contributed by atoms with Gasteiger partial charge in [0, 0.05) is 32.4 Å². The van der Waals surface area contributed by atoms with Crippen LogP contribution in [0.5, 0.6) is 0 Å². The molecule has 1 aliphatic rings. The van der Waals surface area contributed by atoms with Crippen LogP contribution in [0.2, 0.25) is 5.02 Å². The van der Waals surface area contributed by atoms with E-state index >= 15 is 0 Å². The normalized spacial score (nSPS) is 14.9. The number of hydrogen-bond donors (Lipinski definition) is 0. The molecule has 0 N–H and O–H groups in total. The van der Waals surface area contributed by atoms with Gasteiger partial charge in [0.15, 0.2) is 0 Å². The Morgan fingerprint density at radius 2 is 2.12 bits per heavy atom. The average molecular weight is 370 g/mol. The van der Waals surface area contributed by atoms with Gasteiger partial charge in [-0.3, -0.25) is 9.78 Å². The summed E-state index contributed by atoms with van der Waals surface area (Å²) in [6.07, 6.45) is 1.74. The van der Waals surface area contributed by atoms with Crippen LogP contribution in [0.1, 0.15) is 4.88 Å². The number of aromatic nitrogens is 1. The van der Waals surface area contributed by atoms with Crippen LogP contribution < -0.4 is 4.90 Å². The minimum absolute atomic E-state index is 0.0237. The molecule has 0 bridgehead atoms. The molecule has 24 heavy (non-hydrogen) atoms. The first kappa shape index (κ1) is 17.1. The Hall–Kier alpha value is -1.70. The molecule has 0 aliphatic carbocycles. The van der Waals surface area contributed by atoms with E-state index < -0.39 is 0 Å². The van der Waals surface area contributed by atoms with E-state index in [0.717, 1.165) is 10.6 Å². The van der Waals surface area contributed by atoms with Crippen LogP contribution in [0, 0.1) is 5.82 Å². The monoisotopic (exact) mass is 369 g/mol. The fourth-order valence-electron chi connectivity index (χ4n) is 2.58. The lowest BCUT2D eigenvalue weighted by molar-refractivity contribution is -0.136. The van der Waals surface area contributed by atoms with Crippen molar-refractivity contribution in [2.24, 2.45) is 0 Å². The molecule has 0 spiro atoms. The number of amides is 1. The zero-order valence-corrected chi connectivity index (χ0v) is 14.5. The van der Waals surface area contributed by atoms with Gasteiger partial charge in [-0.2, -0.15) is 0 Å². The number of hydrogen-bond acceptors (Lipinski definition) is 5. The van der Waals surface area contributed by atoms with Gasteiger partial charge in [0.05, 0.1) is 27.7 Å². The third kappa shape index (κ3) is 4.23. The van der Waals surface area contributed by atoms with Gasteiger partial charge < -0.3 is 14.5 Å². The number of carbonyl (C=O) groups excluding carboxylic acids is 1. The zero-order valence-electron chi connectivity index (χ0n) is 13.0. The number of halogens is 2. The van der Waals surface area contributed by atoms with E-state index in [1.165, 1.54) is 23.5 Å². The number of benzene rings is 1. The molecule has 1 amide bonds. The largest absolute Gasteiger partial charge is 0.367 e. The zero-order chi connectivity index (χ0) is 16.9. The van der Waals surface area contributed by atoms with Gasteiger partial charge in [0.2, 0.25) is 5.91 Å². The second kappa shape index (κ2) is 7.92. The van der Waals surface area contributed by atoms with E-state index in [9.17, 15) is 9.18 Å². The van der Waals surface area contributed by atoms with Crippen molar-refractivity contribution in [1.82, 2.24) is 9.88 Å². The van der Waals surface area contributed by atoms with Crippen LogP contribution in [-0.4, -0.2) is 48.6 Å². The third-order valence-electron chi connectivity index (χ3n) is 3.84. The Bertz CT molecular complexity index is 691. The summed E-state index contributed by atoms with van der Waals surface area (Å²) in [5.41, 5.74) is 2.53. The van der Waals surface area contributed by atoms with Crippen LogP contribution in [0.15, 0.2) is 29.9 Å². The summed E-state index contributed by atoms with van der Waals surface area (Å²) in [4.78, 5) is 21.0. The summed E-state index contributed by atoms with van der Waals surface area (Å²) in [6, 6.07) is 4.38. The van der Waals surface area contributed by atoms with E-state index in [2.05, 4.69) is 9.88 Å². The quantitative estimate of drug-likeness (QED) is 0.813. The number of nitrogens with zero attached hydrogens (tertiary/aromatic N) is 3. The predicted molar refractivity (Wildman–Crippen MR) is 92.0 cm³/mol. The second-order valence-electron chi connectivity index (χ2n) is 5.42. The molecule has 128 valence electrons. The highest BCUT2D eigenvalue weighted by molar-refractivity contribution is 7.09. The fraction of sp³-hybridized carbons (Fsp3) is 0.375. The van der Waals surface area contributed by atoms with Crippen molar-refractivity contribution in [2.75, 3.05) is 37.7 Å². The maximum absolute atomic E-state index is 13.1. The van der Waals surface area contributed by atoms with Gasteiger partial charge in [-0.25, -0.2) is 4.39 Å². The van der Waals surface area contributed by atoms with Gasteiger partial charge in [0.25, 0.3) is 0 Å². The van der Waals surface area contributed by atoms with Gasteiger partial charge in [0.1, 0.15) is 12.4 Å². The molecule has 1 aliphatic heterocycles. The summed E-state index contributed by atoms with van der Waals surface area (Å²) >= 11 is 7.60. The SMILES string of the molecule is O=C(COCc1cncs1)N1CCN(c2ccc(F)cc2Cl)CC1. The van der Waals surface area contributed by atoms with Crippen molar-refractivity contribution in [3.8, 4) is 0 Å². The highest BCUT2D eigenvalue weighted by Gasteiger charge is 2.22. The Kier molecular flexibility index (Phi) is 5.65. The van der Waals surface area contributed by atoms with E-state index in [1.54, 1.807) is 22.7 Å². The van der Waals surface area contributed by atoms with Gasteiger partial charge in [-0.1, -0.05) is 11.6 Å².